The number of rotatable bonds is 1. The second-order valence-corrected chi connectivity index (χ2v) is 4.02. The Balaban J connectivity index is 2.36. The molecular weight excluding hydrogens is 223 g/mol. The maximum Gasteiger partial charge on any atom is 0.313 e. The predicted octanol–water partition coefficient (Wildman–Crippen LogP) is 3.02. The van der Waals surface area contributed by atoms with Crippen LogP contribution in [0.2, 0.25) is 10.0 Å². The van der Waals surface area contributed by atoms with Gasteiger partial charge in [-0.05, 0) is 24.1 Å². The number of cyclic esters (lactones) is 1. The lowest BCUT2D eigenvalue weighted by atomic mass is 9.98. The first-order chi connectivity index (χ1) is 6.68. The monoisotopic (exact) mass is 230 g/mol. The van der Waals surface area contributed by atoms with Gasteiger partial charge >= 0.3 is 5.97 Å². The Morgan fingerprint density at radius 2 is 2.14 bits per heavy atom. The molecule has 1 aliphatic heterocycles. The van der Waals surface area contributed by atoms with Gasteiger partial charge in [-0.3, -0.25) is 4.79 Å². The second-order valence-electron chi connectivity index (χ2n) is 3.17. The fraction of sp³-hybridized carbons (Fsp3) is 0.300. The van der Waals surface area contributed by atoms with Crippen molar-refractivity contribution in [1.82, 2.24) is 0 Å². The number of halogens is 2. The van der Waals surface area contributed by atoms with Gasteiger partial charge in [0.2, 0.25) is 0 Å². The summed E-state index contributed by atoms with van der Waals surface area (Å²) in [6.45, 7) is 0.475. The SMILES string of the molecule is O=C1OCCC1c1ccc(Cl)cc1Cl. The highest BCUT2D eigenvalue weighted by Gasteiger charge is 2.29. The number of esters is 1. The highest BCUT2D eigenvalue weighted by atomic mass is 35.5. The Morgan fingerprint density at radius 3 is 2.71 bits per heavy atom. The van der Waals surface area contributed by atoms with E-state index in [1.54, 1.807) is 18.2 Å². The molecule has 0 saturated carbocycles. The van der Waals surface area contributed by atoms with Crippen molar-refractivity contribution in [3.05, 3.63) is 33.8 Å². The molecule has 1 heterocycles. The predicted molar refractivity (Wildman–Crippen MR) is 54.8 cm³/mol. The van der Waals surface area contributed by atoms with Gasteiger partial charge in [0.25, 0.3) is 0 Å². The Morgan fingerprint density at radius 1 is 1.36 bits per heavy atom. The molecule has 2 rings (SSSR count). The molecule has 14 heavy (non-hydrogen) atoms. The molecular formula is C10H8Cl2O2. The van der Waals surface area contributed by atoms with Gasteiger partial charge in [0, 0.05) is 10.0 Å². The van der Waals surface area contributed by atoms with Gasteiger partial charge in [-0.25, -0.2) is 0 Å². The summed E-state index contributed by atoms with van der Waals surface area (Å²) in [6.07, 6.45) is 0.695. The lowest BCUT2D eigenvalue weighted by Crippen LogP contribution is -2.05. The van der Waals surface area contributed by atoms with Crippen molar-refractivity contribution in [3.8, 4) is 0 Å². The summed E-state index contributed by atoms with van der Waals surface area (Å²) < 4.78 is 4.87. The third-order valence-electron chi connectivity index (χ3n) is 2.27. The normalized spacial score (nSPS) is 21.0. The molecule has 0 bridgehead atoms. The minimum Gasteiger partial charge on any atom is -0.465 e. The van der Waals surface area contributed by atoms with E-state index in [1.165, 1.54) is 0 Å². The topological polar surface area (TPSA) is 26.3 Å². The fourth-order valence-electron chi connectivity index (χ4n) is 1.56. The molecule has 1 aromatic rings. The molecule has 0 N–H and O–H groups in total. The molecule has 0 spiro atoms. The van der Waals surface area contributed by atoms with E-state index < -0.39 is 0 Å². The van der Waals surface area contributed by atoms with E-state index in [-0.39, 0.29) is 11.9 Å². The van der Waals surface area contributed by atoms with Crippen LogP contribution in [0.4, 0.5) is 0 Å². The number of carbonyl (C=O) groups excluding carboxylic acids is 1. The van der Waals surface area contributed by atoms with Crippen LogP contribution in [-0.4, -0.2) is 12.6 Å². The van der Waals surface area contributed by atoms with Gasteiger partial charge < -0.3 is 4.74 Å². The van der Waals surface area contributed by atoms with Crippen LogP contribution in [0.5, 0.6) is 0 Å². The van der Waals surface area contributed by atoms with Crippen LogP contribution in [0, 0.1) is 0 Å². The first kappa shape index (κ1) is 9.81. The van der Waals surface area contributed by atoms with E-state index >= 15 is 0 Å². The number of benzene rings is 1. The van der Waals surface area contributed by atoms with Gasteiger partial charge in [-0.1, -0.05) is 29.3 Å². The molecule has 0 aromatic heterocycles. The summed E-state index contributed by atoms with van der Waals surface area (Å²) in [5, 5.41) is 1.10. The molecule has 4 heteroatoms. The van der Waals surface area contributed by atoms with E-state index in [4.69, 9.17) is 27.9 Å². The van der Waals surface area contributed by atoms with Crippen LogP contribution in [0.3, 0.4) is 0 Å². The fourth-order valence-corrected chi connectivity index (χ4v) is 2.10. The average molecular weight is 231 g/mol. The standard InChI is InChI=1S/C10H8Cl2O2/c11-6-1-2-7(9(12)5-6)8-3-4-14-10(8)13/h1-2,5,8H,3-4H2. The summed E-state index contributed by atoms with van der Waals surface area (Å²) in [5.41, 5.74) is 0.804. The van der Waals surface area contributed by atoms with E-state index in [0.29, 0.717) is 23.1 Å². The van der Waals surface area contributed by atoms with Crippen LogP contribution in [0.1, 0.15) is 17.9 Å². The number of carbonyl (C=O) groups is 1. The van der Waals surface area contributed by atoms with Crippen molar-refractivity contribution in [3.63, 3.8) is 0 Å². The van der Waals surface area contributed by atoms with Crippen LogP contribution >= 0.6 is 23.2 Å². The summed E-state index contributed by atoms with van der Waals surface area (Å²) >= 11 is 11.7. The molecule has 0 radical (unpaired) electrons. The molecule has 1 fully saturated rings. The zero-order chi connectivity index (χ0) is 10.1. The molecule has 1 saturated heterocycles. The van der Waals surface area contributed by atoms with E-state index in [2.05, 4.69) is 0 Å². The zero-order valence-electron chi connectivity index (χ0n) is 7.30. The number of ether oxygens (including phenoxy) is 1. The molecule has 1 unspecified atom stereocenters. The zero-order valence-corrected chi connectivity index (χ0v) is 8.81. The summed E-state index contributed by atoms with van der Waals surface area (Å²) in [5.74, 6) is -0.422. The van der Waals surface area contributed by atoms with Gasteiger partial charge in [-0.15, -0.1) is 0 Å². The van der Waals surface area contributed by atoms with E-state index in [1.807, 2.05) is 0 Å². The maximum absolute atomic E-state index is 11.3. The van der Waals surface area contributed by atoms with E-state index in [9.17, 15) is 4.79 Å². The van der Waals surface area contributed by atoms with Crippen LogP contribution < -0.4 is 0 Å². The van der Waals surface area contributed by atoms with Crippen LogP contribution in [-0.2, 0) is 9.53 Å². The van der Waals surface area contributed by atoms with Crippen molar-refractivity contribution in [2.24, 2.45) is 0 Å². The molecule has 0 amide bonds. The lowest BCUT2D eigenvalue weighted by molar-refractivity contribution is -0.139. The number of hydrogen-bond acceptors (Lipinski definition) is 2. The van der Waals surface area contributed by atoms with Crippen LogP contribution in [0.15, 0.2) is 18.2 Å². The molecule has 74 valence electrons. The third kappa shape index (κ3) is 1.72. The van der Waals surface area contributed by atoms with Crippen molar-refractivity contribution in [2.45, 2.75) is 12.3 Å². The second kappa shape index (κ2) is 3.79. The highest BCUT2D eigenvalue weighted by molar-refractivity contribution is 6.35. The Hall–Kier alpha value is -0.730. The Kier molecular flexibility index (Phi) is 2.66. The third-order valence-corrected chi connectivity index (χ3v) is 2.84. The van der Waals surface area contributed by atoms with Gasteiger partial charge in [-0.2, -0.15) is 0 Å². The molecule has 2 nitrogen and oxygen atoms in total. The quantitative estimate of drug-likeness (QED) is 0.694. The molecule has 0 aliphatic carbocycles. The van der Waals surface area contributed by atoms with Crippen molar-refractivity contribution >= 4 is 29.2 Å². The Labute approximate surface area is 91.8 Å². The summed E-state index contributed by atoms with van der Waals surface area (Å²) in [6, 6.07) is 5.15. The highest BCUT2D eigenvalue weighted by Crippen LogP contribution is 2.33. The summed E-state index contributed by atoms with van der Waals surface area (Å²) in [7, 11) is 0. The summed E-state index contributed by atoms with van der Waals surface area (Å²) in [4.78, 5) is 11.3. The molecule has 1 atom stereocenters. The molecule has 1 aromatic carbocycles. The van der Waals surface area contributed by atoms with Crippen molar-refractivity contribution in [2.75, 3.05) is 6.61 Å². The average Bonchev–Trinajstić information content (AvgIpc) is 2.52. The Bertz CT molecular complexity index is 376. The maximum atomic E-state index is 11.3. The number of hydrogen-bond donors (Lipinski definition) is 0. The lowest BCUT2D eigenvalue weighted by Gasteiger charge is -2.08. The van der Waals surface area contributed by atoms with Crippen molar-refractivity contribution < 1.29 is 9.53 Å². The first-order valence-corrected chi connectivity index (χ1v) is 5.05. The van der Waals surface area contributed by atoms with Crippen LogP contribution in [0.25, 0.3) is 0 Å². The van der Waals surface area contributed by atoms with E-state index in [0.717, 1.165) is 5.56 Å². The largest absolute Gasteiger partial charge is 0.465 e. The van der Waals surface area contributed by atoms with Crippen molar-refractivity contribution in [1.29, 1.82) is 0 Å². The van der Waals surface area contributed by atoms with Gasteiger partial charge in [0.05, 0.1) is 12.5 Å². The minimum absolute atomic E-state index is 0.200. The van der Waals surface area contributed by atoms with Gasteiger partial charge in [0.1, 0.15) is 0 Å². The van der Waals surface area contributed by atoms with Gasteiger partial charge in [0.15, 0.2) is 0 Å². The minimum atomic E-state index is -0.222. The molecule has 1 aliphatic rings. The first-order valence-electron chi connectivity index (χ1n) is 4.30. The smallest absolute Gasteiger partial charge is 0.313 e.